The molecule has 2 nitrogen and oxygen atoms in total. The van der Waals surface area contributed by atoms with Crippen LogP contribution in [-0.4, -0.2) is 31.9 Å². The molecule has 2 aromatic carbocycles. The number of benzene rings is 2. The van der Waals surface area contributed by atoms with E-state index in [0.29, 0.717) is 0 Å². The van der Waals surface area contributed by atoms with Gasteiger partial charge in [0.15, 0.2) is 0 Å². The Bertz CT molecular complexity index is 597. The minimum Gasteiger partial charge on any atom is -0.485 e. The van der Waals surface area contributed by atoms with Gasteiger partial charge in [0, 0.05) is 19.6 Å². The Balaban J connectivity index is 1.65. The van der Waals surface area contributed by atoms with Crippen molar-refractivity contribution in [1.29, 1.82) is 0 Å². The van der Waals surface area contributed by atoms with Crippen molar-refractivity contribution >= 4 is 7.85 Å². The fraction of sp³-hybridized carbons (Fsp3) is 0.222. The molecule has 0 fully saturated rings. The van der Waals surface area contributed by atoms with Crippen molar-refractivity contribution in [2.45, 2.75) is 12.6 Å². The predicted molar refractivity (Wildman–Crippen MR) is 86.4 cm³/mol. The lowest BCUT2D eigenvalue weighted by Crippen LogP contribution is -2.39. The largest absolute Gasteiger partial charge is 0.485 e. The topological polar surface area (TPSA) is 12.5 Å². The van der Waals surface area contributed by atoms with Crippen LogP contribution in [0.1, 0.15) is 5.56 Å². The van der Waals surface area contributed by atoms with E-state index in [1.54, 1.807) is 0 Å². The summed E-state index contributed by atoms with van der Waals surface area (Å²) in [5.41, 5.74) is 2.17. The number of hydrogen-bond acceptors (Lipinski definition) is 2. The summed E-state index contributed by atoms with van der Waals surface area (Å²) in [5.74, 6) is 0.883. The van der Waals surface area contributed by atoms with E-state index in [9.17, 15) is 0 Å². The third-order valence-corrected chi connectivity index (χ3v) is 3.52. The van der Waals surface area contributed by atoms with Crippen molar-refractivity contribution in [2.75, 3.05) is 13.1 Å². The molecule has 1 atom stereocenters. The van der Waals surface area contributed by atoms with Gasteiger partial charge in [0.25, 0.3) is 0 Å². The molecule has 1 aliphatic heterocycles. The highest BCUT2D eigenvalue weighted by atomic mass is 16.5. The second-order valence-corrected chi connectivity index (χ2v) is 5.37. The second kappa shape index (κ2) is 6.64. The smallest absolute Gasteiger partial charge is 0.129 e. The molecule has 0 saturated heterocycles. The van der Waals surface area contributed by atoms with Gasteiger partial charge in [0.05, 0.1) is 0 Å². The zero-order valence-corrected chi connectivity index (χ0v) is 12.0. The molecule has 3 rings (SSSR count). The van der Waals surface area contributed by atoms with Crippen molar-refractivity contribution in [3.63, 3.8) is 0 Å². The van der Waals surface area contributed by atoms with Gasteiger partial charge in [-0.3, -0.25) is 4.90 Å². The van der Waals surface area contributed by atoms with E-state index in [2.05, 4.69) is 29.2 Å². The lowest BCUT2D eigenvalue weighted by atomic mass is 9.90. The van der Waals surface area contributed by atoms with Crippen molar-refractivity contribution in [3.05, 3.63) is 77.8 Å². The minimum atomic E-state index is 0.00450. The number of rotatable bonds is 4. The molecular weight excluding hydrogens is 257 g/mol. The standard InChI is InChI=1S/C18H18BNO/c19-16-11-18(21-17-9-5-2-6-10-17)14-20(13-16)12-15-7-3-1-4-8-15/h1-11,18H,12-14H2. The quantitative estimate of drug-likeness (QED) is 0.795. The Kier molecular flexibility index (Phi) is 4.41. The van der Waals surface area contributed by atoms with E-state index in [1.807, 2.05) is 42.5 Å². The van der Waals surface area contributed by atoms with Gasteiger partial charge in [-0.15, -0.1) is 5.47 Å². The maximum absolute atomic E-state index is 6.06. The molecule has 0 aliphatic carbocycles. The first-order valence-corrected chi connectivity index (χ1v) is 7.24. The molecule has 0 spiro atoms. The zero-order valence-electron chi connectivity index (χ0n) is 12.0. The third kappa shape index (κ3) is 3.99. The highest BCUT2D eigenvalue weighted by molar-refractivity contribution is 6.22. The number of hydrogen-bond donors (Lipinski definition) is 0. The maximum Gasteiger partial charge on any atom is 0.129 e. The van der Waals surface area contributed by atoms with Gasteiger partial charge in [-0.25, -0.2) is 0 Å². The average Bonchev–Trinajstić information content (AvgIpc) is 2.48. The first-order chi connectivity index (χ1) is 10.3. The predicted octanol–water partition coefficient (Wildman–Crippen LogP) is 3.00. The number of nitrogens with zero attached hydrogens (tertiary/aromatic N) is 1. The van der Waals surface area contributed by atoms with Crippen LogP contribution in [0.5, 0.6) is 5.75 Å². The molecule has 0 bridgehead atoms. The van der Waals surface area contributed by atoms with Gasteiger partial charge < -0.3 is 4.74 Å². The van der Waals surface area contributed by atoms with Gasteiger partial charge >= 0.3 is 0 Å². The van der Waals surface area contributed by atoms with Crippen LogP contribution in [0.4, 0.5) is 0 Å². The Labute approximate surface area is 127 Å². The monoisotopic (exact) mass is 275 g/mol. The summed E-state index contributed by atoms with van der Waals surface area (Å²) in [5, 5.41) is 0. The molecule has 2 radical (unpaired) electrons. The lowest BCUT2D eigenvalue weighted by molar-refractivity contribution is 0.156. The van der Waals surface area contributed by atoms with Crippen LogP contribution in [0.3, 0.4) is 0 Å². The van der Waals surface area contributed by atoms with Gasteiger partial charge in [0.2, 0.25) is 0 Å². The van der Waals surface area contributed by atoms with Crippen LogP contribution >= 0.6 is 0 Å². The van der Waals surface area contributed by atoms with Crippen LogP contribution in [0.15, 0.2) is 72.2 Å². The van der Waals surface area contributed by atoms with Crippen molar-refractivity contribution in [3.8, 4) is 5.75 Å². The molecule has 1 heterocycles. The molecule has 0 N–H and O–H groups in total. The van der Waals surface area contributed by atoms with E-state index in [0.717, 1.165) is 30.9 Å². The van der Waals surface area contributed by atoms with Crippen LogP contribution in [-0.2, 0) is 6.54 Å². The summed E-state index contributed by atoms with van der Waals surface area (Å²) in [6.45, 7) is 2.54. The van der Waals surface area contributed by atoms with Crippen LogP contribution in [0.25, 0.3) is 0 Å². The molecule has 1 unspecified atom stereocenters. The second-order valence-electron chi connectivity index (χ2n) is 5.37. The molecule has 21 heavy (non-hydrogen) atoms. The summed E-state index contributed by atoms with van der Waals surface area (Å²) in [6, 6.07) is 20.3. The summed E-state index contributed by atoms with van der Waals surface area (Å²) in [4.78, 5) is 2.32. The summed E-state index contributed by atoms with van der Waals surface area (Å²) in [7, 11) is 6.06. The third-order valence-electron chi connectivity index (χ3n) is 3.52. The average molecular weight is 275 g/mol. The highest BCUT2D eigenvalue weighted by Crippen LogP contribution is 2.17. The molecule has 0 amide bonds. The van der Waals surface area contributed by atoms with Gasteiger partial charge in [-0.05, 0) is 17.7 Å². The Morgan fingerprint density at radius 1 is 1.00 bits per heavy atom. The number of para-hydroxylation sites is 1. The number of ether oxygens (including phenoxy) is 1. The van der Waals surface area contributed by atoms with Crippen LogP contribution in [0, 0.1) is 0 Å². The van der Waals surface area contributed by atoms with Crippen molar-refractivity contribution in [2.24, 2.45) is 0 Å². The van der Waals surface area contributed by atoms with Gasteiger partial charge in [-0.1, -0.05) is 54.6 Å². The summed E-state index contributed by atoms with van der Waals surface area (Å²) < 4.78 is 6.00. The Morgan fingerprint density at radius 2 is 1.67 bits per heavy atom. The fourth-order valence-electron chi connectivity index (χ4n) is 2.63. The van der Waals surface area contributed by atoms with Crippen molar-refractivity contribution in [1.82, 2.24) is 4.90 Å². The summed E-state index contributed by atoms with van der Waals surface area (Å²) >= 11 is 0. The Morgan fingerprint density at radius 3 is 2.38 bits per heavy atom. The Hall–Kier alpha value is -2.00. The van der Waals surface area contributed by atoms with Crippen LogP contribution < -0.4 is 4.74 Å². The van der Waals surface area contributed by atoms with E-state index in [4.69, 9.17) is 12.6 Å². The molecular formula is C18H18BNO. The fourth-order valence-corrected chi connectivity index (χ4v) is 2.63. The molecule has 2 aromatic rings. The normalized spacial score (nSPS) is 19.0. The SMILES string of the molecule is [B]C1=CC(Oc2ccccc2)CN(Cc2ccccc2)C1. The van der Waals surface area contributed by atoms with Crippen LogP contribution in [0.2, 0.25) is 0 Å². The lowest BCUT2D eigenvalue weighted by Gasteiger charge is -2.31. The van der Waals surface area contributed by atoms with E-state index >= 15 is 0 Å². The van der Waals surface area contributed by atoms with Crippen molar-refractivity contribution < 1.29 is 4.74 Å². The first-order valence-electron chi connectivity index (χ1n) is 7.24. The van der Waals surface area contributed by atoms with E-state index in [-0.39, 0.29) is 6.10 Å². The zero-order chi connectivity index (χ0) is 14.5. The van der Waals surface area contributed by atoms with E-state index in [1.165, 1.54) is 5.56 Å². The van der Waals surface area contributed by atoms with E-state index < -0.39 is 0 Å². The van der Waals surface area contributed by atoms with Gasteiger partial charge in [-0.2, -0.15) is 0 Å². The molecule has 0 saturated carbocycles. The first kappa shape index (κ1) is 14.0. The molecule has 0 aromatic heterocycles. The summed E-state index contributed by atoms with van der Waals surface area (Å²) in [6.07, 6.45) is 2.03. The highest BCUT2D eigenvalue weighted by Gasteiger charge is 2.19. The molecule has 1 aliphatic rings. The molecule has 104 valence electrons. The minimum absolute atomic E-state index is 0.00450. The molecule has 3 heteroatoms. The maximum atomic E-state index is 6.06. The van der Waals surface area contributed by atoms with Gasteiger partial charge in [0.1, 0.15) is 19.7 Å².